The molecule has 2 N–H and O–H groups in total. The number of carbonyl (C=O) groups excluding carboxylic acids is 3. The number of amides is 2. The van der Waals surface area contributed by atoms with Crippen LogP contribution in [-0.4, -0.2) is 54.8 Å². The smallest absolute Gasteiger partial charge is 0.408 e. The zero-order valence-electron chi connectivity index (χ0n) is 23.3. The fourth-order valence-electron chi connectivity index (χ4n) is 4.02. The Morgan fingerprint density at radius 2 is 1.62 bits per heavy atom. The van der Waals surface area contributed by atoms with E-state index in [0.717, 1.165) is 11.1 Å². The molecule has 2 atom stereocenters. The van der Waals surface area contributed by atoms with Crippen LogP contribution >= 0.6 is 11.3 Å². The Morgan fingerprint density at radius 3 is 2.29 bits per heavy atom. The van der Waals surface area contributed by atoms with Gasteiger partial charge in [-0.25, -0.2) is 24.4 Å². The average Bonchev–Trinajstić information content (AvgIpc) is 3.70. The third kappa shape index (κ3) is 9.58. The van der Waals surface area contributed by atoms with Gasteiger partial charge in [-0.15, -0.1) is 11.3 Å². The molecule has 222 valence electrons. The zero-order chi connectivity index (χ0) is 29.6. The van der Waals surface area contributed by atoms with Crippen LogP contribution < -0.4 is 10.6 Å². The highest BCUT2D eigenvalue weighted by atomic mass is 32.1. The van der Waals surface area contributed by atoms with Crippen molar-refractivity contribution < 1.29 is 33.3 Å². The summed E-state index contributed by atoms with van der Waals surface area (Å²) in [5.74, 6) is -0.180. The van der Waals surface area contributed by atoms with E-state index in [1.54, 1.807) is 12.3 Å². The first-order chi connectivity index (χ1) is 20.5. The van der Waals surface area contributed by atoms with E-state index in [1.165, 1.54) is 11.3 Å². The monoisotopic (exact) mass is 594 g/mol. The van der Waals surface area contributed by atoms with Crippen molar-refractivity contribution in [1.82, 2.24) is 15.6 Å². The second kappa shape index (κ2) is 16.1. The summed E-state index contributed by atoms with van der Waals surface area (Å²) >= 11 is 1.35. The molecule has 2 amide bonds. The molecule has 11 nitrogen and oxygen atoms in total. The summed E-state index contributed by atoms with van der Waals surface area (Å²) in [6, 6.07) is 17.7. The van der Waals surface area contributed by atoms with Crippen molar-refractivity contribution in [2.45, 2.75) is 51.5 Å². The second-order valence-electron chi connectivity index (χ2n) is 9.33. The molecular formula is C30H34N4O7S. The van der Waals surface area contributed by atoms with Crippen LogP contribution in [0, 0.1) is 0 Å². The predicted octanol–water partition coefficient (Wildman–Crippen LogP) is 4.92. The first-order valence-electron chi connectivity index (χ1n) is 13.8. The summed E-state index contributed by atoms with van der Waals surface area (Å²) in [6.07, 6.45) is 0.834. The number of hydrogen-bond donors (Lipinski definition) is 2. The quantitative estimate of drug-likeness (QED) is 0.153. The van der Waals surface area contributed by atoms with Crippen molar-refractivity contribution in [3.63, 3.8) is 0 Å². The summed E-state index contributed by atoms with van der Waals surface area (Å²) in [6.45, 7) is 2.84. The molecule has 2 heterocycles. The van der Waals surface area contributed by atoms with Crippen LogP contribution in [-0.2, 0) is 37.0 Å². The number of benzene rings is 2. The number of alkyl carbamates (subject to hydrolysis) is 2. The number of esters is 1. The van der Waals surface area contributed by atoms with Gasteiger partial charge in [0.25, 0.3) is 0 Å². The minimum Gasteiger partial charge on any atom is -0.473 e. The Morgan fingerprint density at radius 1 is 0.952 bits per heavy atom. The lowest BCUT2D eigenvalue weighted by Gasteiger charge is -2.17. The van der Waals surface area contributed by atoms with Gasteiger partial charge >= 0.3 is 18.2 Å². The molecule has 3 aromatic rings. The van der Waals surface area contributed by atoms with Crippen LogP contribution in [0.3, 0.4) is 0 Å². The van der Waals surface area contributed by atoms with E-state index in [9.17, 15) is 14.4 Å². The van der Waals surface area contributed by atoms with Gasteiger partial charge in [0.05, 0.1) is 12.6 Å². The largest absolute Gasteiger partial charge is 0.473 e. The SMILES string of the molecule is CCOC(=O)[C@H]1COC(c2csc([C@H](CCCCNC(=O)OCc3ccccc3)NC(=O)OCc3ccccc3)n2)=N1. The number of hydrogen-bond acceptors (Lipinski definition) is 10. The molecule has 0 fully saturated rings. The number of aliphatic imine (C=N–C) groups is 1. The van der Waals surface area contributed by atoms with E-state index >= 15 is 0 Å². The Bertz CT molecular complexity index is 1330. The van der Waals surface area contributed by atoms with Gasteiger partial charge in [-0.2, -0.15) is 0 Å². The Labute approximate surface area is 248 Å². The van der Waals surface area contributed by atoms with Gasteiger partial charge in [0.1, 0.15) is 30.5 Å². The standard InChI is InChI=1S/C30H34N4O7S/c1-2-38-28(35)24-19-39-26(32-24)25-20-42-27(33-25)23(34-30(37)41-18-22-13-7-4-8-14-22)15-9-10-16-31-29(36)40-17-21-11-5-3-6-12-21/h3-8,11-14,20,23-24H,2,9-10,15-19H2,1H3,(H,31,36)(H,34,37)/t23-,24+/m0/s1. The van der Waals surface area contributed by atoms with Crippen LogP contribution in [0.25, 0.3) is 0 Å². The van der Waals surface area contributed by atoms with Crippen molar-refractivity contribution in [3.8, 4) is 0 Å². The van der Waals surface area contributed by atoms with Gasteiger partial charge in [-0.3, -0.25) is 0 Å². The molecule has 0 unspecified atom stereocenters. The third-order valence-electron chi connectivity index (χ3n) is 6.16. The van der Waals surface area contributed by atoms with Crippen molar-refractivity contribution in [1.29, 1.82) is 0 Å². The first kappa shape index (κ1) is 30.5. The topological polar surface area (TPSA) is 137 Å². The number of aromatic nitrogens is 1. The minimum atomic E-state index is -0.723. The number of rotatable bonds is 14. The third-order valence-corrected chi connectivity index (χ3v) is 7.11. The summed E-state index contributed by atoms with van der Waals surface area (Å²) in [5, 5.41) is 8.08. The van der Waals surface area contributed by atoms with E-state index in [1.807, 2.05) is 60.7 Å². The Balaban J connectivity index is 1.30. The number of nitrogens with zero attached hydrogens (tertiary/aromatic N) is 2. The number of unbranched alkanes of at least 4 members (excludes halogenated alkanes) is 1. The second-order valence-corrected chi connectivity index (χ2v) is 10.2. The number of carbonyl (C=O) groups is 3. The lowest BCUT2D eigenvalue weighted by Crippen LogP contribution is -2.29. The molecular weight excluding hydrogens is 560 g/mol. The van der Waals surface area contributed by atoms with E-state index in [0.29, 0.717) is 36.5 Å². The first-order valence-corrected chi connectivity index (χ1v) is 14.6. The lowest BCUT2D eigenvalue weighted by molar-refractivity contribution is -0.144. The lowest BCUT2D eigenvalue weighted by atomic mass is 10.1. The molecule has 1 aliphatic rings. The molecule has 0 aliphatic carbocycles. The highest BCUT2D eigenvalue weighted by Gasteiger charge is 2.29. The molecule has 0 radical (unpaired) electrons. The number of thiazole rings is 1. The predicted molar refractivity (Wildman–Crippen MR) is 156 cm³/mol. The van der Waals surface area contributed by atoms with Crippen molar-refractivity contribution in [3.05, 3.63) is 87.9 Å². The van der Waals surface area contributed by atoms with Gasteiger partial charge in [0.15, 0.2) is 6.04 Å². The molecule has 42 heavy (non-hydrogen) atoms. The fraction of sp³-hybridized carbons (Fsp3) is 0.367. The van der Waals surface area contributed by atoms with Gasteiger partial charge in [-0.1, -0.05) is 60.7 Å². The highest BCUT2D eigenvalue weighted by molar-refractivity contribution is 7.09. The maximum atomic E-state index is 12.7. The van der Waals surface area contributed by atoms with Crippen LogP contribution in [0.15, 0.2) is 71.0 Å². The van der Waals surface area contributed by atoms with E-state index in [2.05, 4.69) is 20.6 Å². The minimum absolute atomic E-state index is 0.0926. The van der Waals surface area contributed by atoms with Gasteiger partial charge in [0, 0.05) is 11.9 Å². The van der Waals surface area contributed by atoms with Crippen LogP contribution in [0.1, 0.15) is 54.1 Å². The van der Waals surface area contributed by atoms with Crippen molar-refractivity contribution in [2.24, 2.45) is 4.99 Å². The molecule has 1 aromatic heterocycles. The number of nitrogens with one attached hydrogen (secondary N) is 2. The van der Waals surface area contributed by atoms with E-state index < -0.39 is 30.2 Å². The molecule has 2 aromatic carbocycles. The molecule has 0 saturated carbocycles. The number of ether oxygens (including phenoxy) is 4. The summed E-state index contributed by atoms with van der Waals surface area (Å²) in [7, 11) is 0. The van der Waals surface area contributed by atoms with Crippen LogP contribution in [0.4, 0.5) is 9.59 Å². The summed E-state index contributed by atoms with van der Waals surface area (Å²) < 4.78 is 21.3. The maximum absolute atomic E-state index is 12.7. The van der Waals surface area contributed by atoms with Gasteiger partial charge in [-0.05, 0) is 37.3 Å². The fourth-order valence-corrected chi connectivity index (χ4v) is 4.90. The van der Waals surface area contributed by atoms with E-state index in [-0.39, 0.29) is 32.3 Å². The van der Waals surface area contributed by atoms with Crippen molar-refractivity contribution >= 4 is 35.4 Å². The normalized spacial score (nSPS) is 14.7. The zero-order valence-corrected chi connectivity index (χ0v) is 24.1. The van der Waals surface area contributed by atoms with Gasteiger partial charge in [0.2, 0.25) is 5.90 Å². The van der Waals surface area contributed by atoms with Gasteiger partial charge < -0.3 is 29.6 Å². The Kier molecular flexibility index (Phi) is 11.7. The summed E-state index contributed by atoms with van der Waals surface area (Å²) in [4.78, 5) is 45.7. The maximum Gasteiger partial charge on any atom is 0.408 e. The van der Waals surface area contributed by atoms with Crippen molar-refractivity contribution in [2.75, 3.05) is 19.8 Å². The molecule has 0 bridgehead atoms. The average molecular weight is 595 g/mol. The molecule has 4 rings (SSSR count). The summed E-state index contributed by atoms with van der Waals surface area (Å²) in [5.41, 5.74) is 2.27. The van der Waals surface area contributed by atoms with E-state index in [4.69, 9.17) is 18.9 Å². The Hall–Kier alpha value is -4.45. The van der Waals surface area contributed by atoms with Crippen LogP contribution in [0.2, 0.25) is 0 Å². The molecule has 1 aliphatic heterocycles. The molecule has 0 saturated heterocycles. The molecule has 12 heteroatoms. The molecule has 0 spiro atoms. The van der Waals surface area contributed by atoms with Crippen LogP contribution in [0.5, 0.6) is 0 Å². The highest BCUT2D eigenvalue weighted by Crippen LogP contribution is 2.25.